The Labute approximate surface area is 381 Å². The number of piperidine rings is 3. The molecule has 0 aromatic heterocycles. The molecule has 0 radical (unpaired) electrons. The van der Waals surface area contributed by atoms with E-state index in [-0.39, 0.29) is 107 Å². The molecule has 5 aliphatic heterocycles. The lowest BCUT2D eigenvalue weighted by atomic mass is 9.92. The summed E-state index contributed by atoms with van der Waals surface area (Å²) in [6.07, 6.45) is 7.52. The highest BCUT2D eigenvalue weighted by Gasteiger charge is 2.38. The summed E-state index contributed by atoms with van der Waals surface area (Å²) in [6, 6.07) is 23.9. The van der Waals surface area contributed by atoms with E-state index in [0.717, 1.165) is 49.0 Å². The minimum Gasteiger partial charge on any atom is -0.497 e. The lowest BCUT2D eigenvalue weighted by Gasteiger charge is -2.33. The number of benzene rings is 3. The number of ether oxygens (including phenoxy) is 4. The summed E-state index contributed by atoms with van der Waals surface area (Å²) in [6.45, 7) is 5.70. The summed E-state index contributed by atoms with van der Waals surface area (Å²) in [4.78, 5) is 52.8. The van der Waals surface area contributed by atoms with Gasteiger partial charge in [-0.2, -0.15) is 0 Å². The van der Waals surface area contributed by atoms with Gasteiger partial charge in [0.2, 0.25) is 0 Å². The van der Waals surface area contributed by atoms with Crippen molar-refractivity contribution < 1.29 is 38.1 Å². The highest BCUT2D eigenvalue weighted by Crippen LogP contribution is 2.26. The fourth-order valence-corrected chi connectivity index (χ4v) is 7.45. The van der Waals surface area contributed by atoms with Crippen molar-refractivity contribution in [1.82, 2.24) is 20.0 Å². The van der Waals surface area contributed by atoms with Crippen LogP contribution in [0.5, 0.6) is 17.2 Å². The lowest BCUT2D eigenvalue weighted by molar-refractivity contribution is -0.133. The Morgan fingerprint density at radius 2 is 0.921 bits per heavy atom. The van der Waals surface area contributed by atoms with Crippen LogP contribution >= 0.6 is 0 Å². The summed E-state index contributed by atoms with van der Waals surface area (Å²) >= 11 is 0. The van der Waals surface area contributed by atoms with E-state index >= 15 is 0 Å². The second-order valence-corrected chi connectivity index (χ2v) is 14.4. The predicted octanol–water partition coefficient (Wildman–Crippen LogP) is 8.92. The van der Waals surface area contributed by atoms with Crippen molar-refractivity contribution in [2.45, 2.75) is 97.6 Å². The average molecular weight is 879 g/mol. The molecular weight excluding hydrogens is 797 g/mol. The SMILES string of the molecule is C.C.C.C.C.C.C.C.COc1ccc(CN2CC(=O)C3C=CNC3C2)cc1.COc1ccc(CN2CC(=O)C3C=COC3C2)cc1.COc1ccc(CN2CC(=O)CC(=O)C2)cc1. The number of nitrogens with zero attached hydrogens (tertiary/aromatic N) is 3. The summed E-state index contributed by atoms with van der Waals surface area (Å²) in [5.74, 6) is 3.13. The van der Waals surface area contributed by atoms with E-state index < -0.39 is 0 Å². The molecule has 3 aromatic rings. The predicted molar refractivity (Wildman–Crippen MR) is 260 cm³/mol. The van der Waals surface area contributed by atoms with Gasteiger partial charge in [-0.15, -0.1) is 0 Å². The van der Waals surface area contributed by atoms with Crippen molar-refractivity contribution in [3.05, 3.63) is 114 Å². The van der Waals surface area contributed by atoms with Gasteiger partial charge in [-0.1, -0.05) is 102 Å². The van der Waals surface area contributed by atoms with Crippen LogP contribution in [-0.2, 0) is 43.5 Å². The first-order chi connectivity index (χ1) is 26.7. The summed E-state index contributed by atoms with van der Waals surface area (Å²) in [5, 5.41) is 3.26. The fourth-order valence-electron chi connectivity index (χ4n) is 7.45. The van der Waals surface area contributed by atoms with Gasteiger partial charge < -0.3 is 24.3 Å². The van der Waals surface area contributed by atoms with E-state index in [0.29, 0.717) is 38.5 Å². The number of rotatable bonds is 9. The van der Waals surface area contributed by atoms with E-state index in [1.165, 1.54) is 11.1 Å². The van der Waals surface area contributed by atoms with Crippen molar-refractivity contribution in [3.63, 3.8) is 0 Å². The van der Waals surface area contributed by atoms with Crippen LogP contribution < -0.4 is 19.5 Å². The normalized spacial score (nSPS) is 20.4. The third kappa shape index (κ3) is 17.4. The molecule has 4 unspecified atom stereocenters. The first-order valence-electron chi connectivity index (χ1n) is 18.6. The highest BCUT2D eigenvalue weighted by atomic mass is 16.5. The molecular formula is C51H82N4O8. The number of likely N-dealkylation sites (tertiary alicyclic amines) is 3. The first-order valence-corrected chi connectivity index (χ1v) is 18.6. The smallest absolute Gasteiger partial charge is 0.157 e. The zero-order valence-corrected chi connectivity index (χ0v) is 31.7. The van der Waals surface area contributed by atoms with E-state index in [2.05, 4.69) is 27.2 Å². The van der Waals surface area contributed by atoms with Gasteiger partial charge in [-0.3, -0.25) is 33.9 Å². The Balaban J connectivity index is -0.000000808. The molecule has 3 fully saturated rings. The summed E-state index contributed by atoms with van der Waals surface area (Å²) in [5.41, 5.74) is 3.46. The zero-order chi connectivity index (χ0) is 38.7. The van der Waals surface area contributed by atoms with Crippen molar-refractivity contribution in [2.75, 3.05) is 60.6 Å². The van der Waals surface area contributed by atoms with Crippen LogP contribution in [-0.4, -0.2) is 111 Å². The van der Waals surface area contributed by atoms with Crippen molar-refractivity contribution in [3.8, 4) is 17.2 Å². The maximum absolute atomic E-state index is 12.0. The Morgan fingerprint density at radius 1 is 0.524 bits per heavy atom. The van der Waals surface area contributed by atoms with Crippen LogP contribution in [0.4, 0.5) is 0 Å². The van der Waals surface area contributed by atoms with Gasteiger partial charge in [0.1, 0.15) is 23.4 Å². The van der Waals surface area contributed by atoms with E-state index in [4.69, 9.17) is 18.9 Å². The molecule has 3 saturated heterocycles. The molecule has 4 atom stereocenters. The van der Waals surface area contributed by atoms with E-state index in [9.17, 15) is 19.2 Å². The fraction of sp³-hybridized carbons (Fsp3) is 0.490. The van der Waals surface area contributed by atoms with Crippen molar-refractivity contribution >= 4 is 23.1 Å². The standard InChI is InChI=1S/C15H18N2O2.C15H17NO3.C13H15NO3.8CH4/c1-19-12-4-2-11(3-5-12)8-17-9-14-13(6-7-16-14)15(18)10-17;1-18-12-4-2-11(3-5-12)8-16-9-14(17)13-6-7-19-15(13)10-16;1-17-13-4-2-10(3-5-13)7-14-8-11(15)6-12(16)9-14;;;;;;;;/h2-7,13-14,16H,8-10H2,1H3;2-7,13,15H,8-10H2,1H3;2-5H,6-9H2,1H3;8*1H4. The molecule has 5 heterocycles. The molecule has 1 N–H and O–H groups in total. The maximum Gasteiger partial charge on any atom is 0.157 e. The van der Waals surface area contributed by atoms with Crippen LogP contribution in [0.25, 0.3) is 0 Å². The molecule has 12 heteroatoms. The van der Waals surface area contributed by atoms with Crippen molar-refractivity contribution in [1.29, 1.82) is 0 Å². The number of hydrogen-bond donors (Lipinski definition) is 1. The van der Waals surface area contributed by atoms with Crippen LogP contribution in [0.15, 0.2) is 97.4 Å². The number of carbonyl (C=O) groups is 4. The number of methoxy groups -OCH3 is 3. The molecule has 0 saturated carbocycles. The molecule has 0 spiro atoms. The van der Waals surface area contributed by atoms with Crippen LogP contribution in [0, 0.1) is 11.8 Å². The molecule has 0 amide bonds. The Kier molecular flexibility index (Phi) is 29.4. The van der Waals surface area contributed by atoms with Crippen LogP contribution in [0.2, 0.25) is 0 Å². The minimum atomic E-state index is -0.0351. The van der Waals surface area contributed by atoms with Crippen LogP contribution in [0.3, 0.4) is 0 Å². The van der Waals surface area contributed by atoms with E-state index in [1.54, 1.807) is 27.6 Å². The Morgan fingerprint density at radius 3 is 1.35 bits per heavy atom. The topological polar surface area (TPSA) is 127 Å². The van der Waals surface area contributed by atoms with Gasteiger partial charge in [-0.05, 0) is 65.4 Å². The number of carbonyl (C=O) groups excluding carboxylic acids is 4. The number of ketones is 4. The second kappa shape index (κ2) is 29.9. The second-order valence-electron chi connectivity index (χ2n) is 14.4. The molecule has 0 aliphatic carbocycles. The Hall–Kier alpha value is -5.30. The molecule has 3 aromatic carbocycles. The largest absolute Gasteiger partial charge is 0.497 e. The van der Waals surface area contributed by atoms with Gasteiger partial charge in [0.15, 0.2) is 23.1 Å². The van der Waals surface area contributed by atoms with E-state index in [1.807, 2.05) is 83.9 Å². The quantitative estimate of drug-likeness (QED) is 0.206. The van der Waals surface area contributed by atoms with Gasteiger partial charge in [0, 0.05) is 32.7 Å². The number of hydrogen-bond acceptors (Lipinski definition) is 12. The molecule has 12 nitrogen and oxygen atoms in total. The van der Waals surface area contributed by atoms with Crippen LogP contribution in [0.1, 0.15) is 82.5 Å². The maximum atomic E-state index is 12.0. The van der Waals surface area contributed by atoms with Gasteiger partial charge >= 0.3 is 0 Å². The molecule has 63 heavy (non-hydrogen) atoms. The zero-order valence-electron chi connectivity index (χ0n) is 31.7. The molecule has 8 rings (SSSR count). The summed E-state index contributed by atoms with van der Waals surface area (Å²) in [7, 11) is 4.94. The Bertz CT molecular complexity index is 1740. The third-order valence-electron chi connectivity index (χ3n) is 10.3. The molecule has 354 valence electrons. The minimum absolute atomic E-state index is 0. The highest BCUT2D eigenvalue weighted by molar-refractivity contribution is 6.03. The monoisotopic (exact) mass is 879 g/mol. The number of nitrogens with one attached hydrogen (secondary N) is 1. The van der Waals surface area contributed by atoms with Gasteiger partial charge in [0.05, 0.1) is 78.1 Å². The summed E-state index contributed by atoms with van der Waals surface area (Å²) < 4.78 is 20.8. The van der Waals surface area contributed by atoms with Gasteiger partial charge in [-0.25, -0.2) is 0 Å². The molecule has 0 bridgehead atoms. The van der Waals surface area contributed by atoms with Gasteiger partial charge in [0.25, 0.3) is 0 Å². The molecule has 5 aliphatic rings. The van der Waals surface area contributed by atoms with Crippen molar-refractivity contribution in [2.24, 2.45) is 11.8 Å². The first kappa shape index (κ1) is 62.0. The third-order valence-corrected chi connectivity index (χ3v) is 10.3. The average Bonchev–Trinajstić information content (AvgIpc) is 3.87. The number of fused-ring (bicyclic) bond motifs is 2. The number of Topliss-reactive ketones (excluding diaryl/α,β-unsaturated/α-hetero) is 4. The lowest BCUT2D eigenvalue weighted by Crippen LogP contribution is -2.51.